The second-order valence-electron chi connectivity index (χ2n) is 3.50. The number of rotatable bonds is 1. The van der Waals surface area contributed by atoms with Gasteiger partial charge in [-0.2, -0.15) is 12.7 Å². The summed E-state index contributed by atoms with van der Waals surface area (Å²) in [5.74, 6) is 0. The van der Waals surface area contributed by atoms with Crippen molar-refractivity contribution in [2.45, 2.75) is 45.2 Å². The van der Waals surface area contributed by atoms with E-state index in [4.69, 9.17) is 5.14 Å². The van der Waals surface area contributed by atoms with E-state index in [0.29, 0.717) is 0 Å². The van der Waals surface area contributed by atoms with E-state index in [1.165, 1.54) is 4.31 Å². The van der Waals surface area contributed by atoms with Crippen molar-refractivity contribution in [2.75, 3.05) is 0 Å². The van der Waals surface area contributed by atoms with Crippen molar-refractivity contribution >= 4 is 10.2 Å². The zero-order chi connectivity index (χ0) is 9.35. The minimum Gasteiger partial charge on any atom is -0.216 e. The molecule has 1 aliphatic heterocycles. The average molecular weight is 192 g/mol. The lowest BCUT2D eigenvalue weighted by Gasteiger charge is -2.36. The summed E-state index contributed by atoms with van der Waals surface area (Å²) in [6.07, 6.45) is 2.93. The molecule has 0 aromatic rings. The van der Waals surface area contributed by atoms with Gasteiger partial charge in [-0.3, -0.25) is 0 Å². The van der Waals surface area contributed by atoms with Crippen molar-refractivity contribution in [3.63, 3.8) is 0 Å². The van der Waals surface area contributed by atoms with E-state index >= 15 is 0 Å². The molecule has 0 aliphatic carbocycles. The number of nitrogens with two attached hydrogens (primary N) is 1. The largest absolute Gasteiger partial charge is 0.277 e. The van der Waals surface area contributed by atoms with Crippen molar-refractivity contribution in [2.24, 2.45) is 5.14 Å². The highest BCUT2D eigenvalue weighted by atomic mass is 32.2. The van der Waals surface area contributed by atoms with Gasteiger partial charge in [-0.25, -0.2) is 5.14 Å². The van der Waals surface area contributed by atoms with Crippen molar-refractivity contribution in [3.05, 3.63) is 0 Å². The third-order valence-corrected chi connectivity index (χ3v) is 3.71. The first-order valence-electron chi connectivity index (χ1n) is 4.24. The van der Waals surface area contributed by atoms with Crippen LogP contribution in [0, 0.1) is 0 Å². The first-order valence-corrected chi connectivity index (χ1v) is 5.74. The van der Waals surface area contributed by atoms with E-state index in [-0.39, 0.29) is 12.1 Å². The summed E-state index contributed by atoms with van der Waals surface area (Å²) in [6, 6.07) is 0.118. The lowest BCUT2D eigenvalue weighted by atomic mass is 10.0. The van der Waals surface area contributed by atoms with E-state index in [2.05, 4.69) is 0 Å². The normalized spacial score (nSPS) is 33.6. The third-order valence-electron chi connectivity index (χ3n) is 2.41. The second-order valence-corrected chi connectivity index (χ2v) is 4.96. The summed E-state index contributed by atoms with van der Waals surface area (Å²) in [5, 5.41) is 5.09. The third kappa shape index (κ3) is 1.97. The minimum absolute atomic E-state index is 0.0590. The molecule has 1 fully saturated rings. The maximum absolute atomic E-state index is 11.1. The zero-order valence-corrected chi connectivity index (χ0v) is 8.34. The molecule has 0 unspecified atom stereocenters. The van der Waals surface area contributed by atoms with Gasteiger partial charge in [0.05, 0.1) is 0 Å². The van der Waals surface area contributed by atoms with Crippen LogP contribution in [0.2, 0.25) is 0 Å². The molecule has 0 amide bonds. The Morgan fingerprint density at radius 2 is 1.67 bits per heavy atom. The van der Waals surface area contributed by atoms with Crippen LogP contribution in [0.1, 0.15) is 33.1 Å². The van der Waals surface area contributed by atoms with E-state index in [0.717, 1.165) is 19.3 Å². The van der Waals surface area contributed by atoms with Gasteiger partial charge in [0, 0.05) is 12.1 Å². The molecule has 0 spiro atoms. The van der Waals surface area contributed by atoms with Crippen LogP contribution in [0.25, 0.3) is 0 Å². The molecule has 5 heteroatoms. The van der Waals surface area contributed by atoms with Gasteiger partial charge in [0.2, 0.25) is 0 Å². The molecule has 1 heterocycles. The van der Waals surface area contributed by atoms with E-state index < -0.39 is 10.2 Å². The molecule has 2 N–H and O–H groups in total. The first kappa shape index (κ1) is 9.95. The molecular formula is C7H16N2O2S. The monoisotopic (exact) mass is 192 g/mol. The Morgan fingerprint density at radius 3 is 1.92 bits per heavy atom. The molecule has 0 bridgehead atoms. The van der Waals surface area contributed by atoms with Crippen molar-refractivity contribution in [3.8, 4) is 0 Å². The van der Waals surface area contributed by atoms with Gasteiger partial charge < -0.3 is 0 Å². The number of nitrogens with zero attached hydrogens (tertiary/aromatic N) is 1. The summed E-state index contributed by atoms with van der Waals surface area (Å²) in [7, 11) is -3.49. The fourth-order valence-corrected chi connectivity index (χ4v) is 3.11. The molecule has 12 heavy (non-hydrogen) atoms. The highest BCUT2D eigenvalue weighted by Crippen LogP contribution is 2.23. The van der Waals surface area contributed by atoms with Crippen LogP contribution in [-0.2, 0) is 10.2 Å². The quantitative estimate of drug-likeness (QED) is 0.655. The first-order chi connectivity index (χ1) is 5.43. The molecule has 72 valence electrons. The maximum atomic E-state index is 11.1. The Bertz CT molecular complexity index is 240. The Hall–Kier alpha value is -0.130. The van der Waals surface area contributed by atoms with Gasteiger partial charge >= 0.3 is 0 Å². The summed E-state index contributed by atoms with van der Waals surface area (Å²) in [6.45, 7) is 3.81. The second kappa shape index (κ2) is 3.32. The highest BCUT2D eigenvalue weighted by Gasteiger charge is 2.31. The smallest absolute Gasteiger partial charge is 0.216 e. The molecule has 0 aromatic heterocycles. The van der Waals surface area contributed by atoms with Crippen LogP contribution in [0.15, 0.2) is 0 Å². The van der Waals surface area contributed by atoms with Gasteiger partial charge in [-0.05, 0) is 26.7 Å². The molecule has 0 saturated carbocycles. The van der Waals surface area contributed by atoms with Gasteiger partial charge in [-0.15, -0.1) is 0 Å². The van der Waals surface area contributed by atoms with Gasteiger partial charge in [-0.1, -0.05) is 6.42 Å². The van der Waals surface area contributed by atoms with Crippen molar-refractivity contribution in [1.82, 2.24) is 4.31 Å². The van der Waals surface area contributed by atoms with Crippen LogP contribution >= 0.6 is 0 Å². The Labute approximate surface area is 73.9 Å². The number of hydrogen-bond acceptors (Lipinski definition) is 2. The zero-order valence-electron chi connectivity index (χ0n) is 7.53. The lowest BCUT2D eigenvalue weighted by molar-refractivity contribution is 0.204. The van der Waals surface area contributed by atoms with Crippen LogP contribution in [0.5, 0.6) is 0 Å². The predicted octanol–water partition coefficient (Wildman–Crippen LogP) is 0.453. The van der Waals surface area contributed by atoms with Crippen LogP contribution in [0.4, 0.5) is 0 Å². The Balaban J connectivity index is 2.84. The average Bonchev–Trinajstić information content (AvgIpc) is 1.82. The Morgan fingerprint density at radius 1 is 1.25 bits per heavy atom. The summed E-state index contributed by atoms with van der Waals surface area (Å²) >= 11 is 0. The molecule has 2 atom stereocenters. The SMILES string of the molecule is C[C@@H]1CCC[C@H](C)N1S(N)(=O)=O. The molecule has 1 saturated heterocycles. The minimum atomic E-state index is -3.49. The standard InChI is InChI=1S/C7H16N2O2S/c1-6-4-3-5-7(2)9(6)12(8,10)11/h6-7H,3-5H2,1-2H3,(H2,8,10,11)/t6-,7+. The summed E-state index contributed by atoms with van der Waals surface area (Å²) in [5.41, 5.74) is 0. The Kier molecular flexibility index (Phi) is 2.75. The fourth-order valence-electron chi connectivity index (χ4n) is 1.90. The summed E-state index contributed by atoms with van der Waals surface area (Å²) in [4.78, 5) is 0. The van der Waals surface area contributed by atoms with Crippen LogP contribution < -0.4 is 5.14 Å². The molecule has 1 rings (SSSR count). The molecule has 1 aliphatic rings. The lowest BCUT2D eigenvalue weighted by Crippen LogP contribution is -2.50. The maximum Gasteiger partial charge on any atom is 0.277 e. The topological polar surface area (TPSA) is 63.4 Å². The van der Waals surface area contributed by atoms with E-state index in [9.17, 15) is 8.42 Å². The number of hydrogen-bond donors (Lipinski definition) is 1. The van der Waals surface area contributed by atoms with Gasteiger partial charge in [0.1, 0.15) is 0 Å². The molecule has 0 aromatic carbocycles. The van der Waals surface area contributed by atoms with Gasteiger partial charge in [0.25, 0.3) is 10.2 Å². The van der Waals surface area contributed by atoms with Crippen LogP contribution in [-0.4, -0.2) is 24.8 Å². The predicted molar refractivity (Wildman–Crippen MR) is 47.7 cm³/mol. The van der Waals surface area contributed by atoms with E-state index in [1.807, 2.05) is 13.8 Å². The number of piperidine rings is 1. The van der Waals surface area contributed by atoms with Crippen molar-refractivity contribution < 1.29 is 8.42 Å². The highest BCUT2D eigenvalue weighted by molar-refractivity contribution is 7.86. The molecule has 0 radical (unpaired) electrons. The molecule has 4 nitrogen and oxygen atoms in total. The van der Waals surface area contributed by atoms with Crippen molar-refractivity contribution in [1.29, 1.82) is 0 Å². The van der Waals surface area contributed by atoms with E-state index in [1.54, 1.807) is 0 Å². The van der Waals surface area contributed by atoms with Crippen LogP contribution in [0.3, 0.4) is 0 Å². The van der Waals surface area contributed by atoms with Gasteiger partial charge in [0.15, 0.2) is 0 Å². The fraction of sp³-hybridized carbons (Fsp3) is 1.00. The summed E-state index contributed by atoms with van der Waals surface area (Å²) < 4.78 is 23.6. The molecular weight excluding hydrogens is 176 g/mol.